The number of benzene rings is 1. The fourth-order valence-corrected chi connectivity index (χ4v) is 4.99. The SMILES string of the molecule is CC1CCC(N(C(=O)c2ccco2)C2CCN(CCCc3ccccc3N)CC2)NC1. The van der Waals surface area contributed by atoms with E-state index in [-0.39, 0.29) is 18.1 Å². The van der Waals surface area contributed by atoms with Crippen molar-refractivity contribution in [2.45, 2.75) is 57.7 Å². The normalized spacial score (nSPS) is 23.0. The Labute approximate surface area is 185 Å². The van der Waals surface area contributed by atoms with Crippen LogP contribution in [0.5, 0.6) is 0 Å². The van der Waals surface area contributed by atoms with Crippen LogP contribution in [-0.4, -0.2) is 54.1 Å². The van der Waals surface area contributed by atoms with Crippen molar-refractivity contribution in [3.63, 3.8) is 0 Å². The number of piperidine rings is 2. The van der Waals surface area contributed by atoms with E-state index in [4.69, 9.17) is 10.2 Å². The lowest BCUT2D eigenvalue weighted by Gasteiger charge is -2.44. The summed E-state index contributed by atoms with van der Waals surface area (Å²) in [5.74, 6) is 1.13. The molecule has 6 heteroatoms. The van der Waals surface area contributed by atoms with E-state index in [1.54, 1.807) is 18.4 Å². The minimum Gasteiger partial charge on any atom is -0.459 e. The van der Waals surface area contributed by atoms with Gasteiger partial charge in [-0.05, 0) is 81.3 Å². The Hall–Kier alpha value is -2.31. The summed E-state index contributed by atoms with van der Waals surface area (Å²) in [4.78, 5) is 17.9. The van der Waals surface area contributed by atoms with Gasteiger partial charge in [-0.1, -0.05) is 25.1 Å². The minimum atomic E-state index is 0.0232. The molecule has 31 heavy (non-hydrogen) atoms. The lowest BCUT2D eigenvalue weighted by atomic mass is 9.95. The zero-order valence-electron chi connectivity index (χ0n) is 18.6. The Morgan fingerprint density at radius 2 is 1.97 bits per heavy atom. The highest BCUT2D eigenvalue weighted by molar-refractivity contribution is 5.91. The first-order valence-electron chi connectivity index (χ1n) is 11.8. The van der Waals surface area contributed by atoms with Gasteiger partial charge in [0.1, 0.15) is 0 Å². The standard InChI is InChI=1S/C25H36N4O2/c1-19-10-11-24(27-18-19)29(25(30)23-9-5-17-31-23)21-12-15-28(16-13-21)14-4-7-20-6-2-3-8-22(20)26/h2-3,5-6,8-9,17,19,21,24,27H,4,7,10-16,18,26H2,1H3. The number of amides is 1. The molecule has 4 rings (SSSR count). The molecule has 2 aliphatic rings. The topological polar surface area (TPSA) is 74.7 Å². The average Bonchev–Trinajstić information content (AvgIpc) is 3.33. The number of rotatable bonds is 7. The first kappa shape index (κ1) is 21.9. The predicted molar refractivity (Wildman–Crippen MR) is 124 cm³/mol. The molecule has 2 aliphatic heterocycles. The van der Waals surface area contributed by atoms with Crippen LogP contribution >= 0.6 is 0 Å². The van der Waals surface area contributed by atoms with Gasteiger partial charge in [0, 0.05) is 24.8 Å². The van der Waals surface area contributed by atoms with E-state index >= 15 is 0 Å². The van der Waals surface area contributed by atoms with E-state index in [0.717, 1.165) is 70.4 Å². The summed E-state index contributed by atoms with van der Waals surface area (Å²) >= 11 is 0. The largest absolute Gasteiger partial charge is 0.459 e. The van der Waals surface area contributed by atoms with Crippen LogP contribution < -0.4 is 11.1 Å². The molecule has 2 saturated heterocycles. The van der Waals surface area contributed by atoms with Gasteiger partial charge in [0.15, 0.2) is 5.76 Å². The summed E-state index contributed by atoms with van der Waals surface area (Å²) in [5, 5.41) is 3.62. The van der Waals surface area contributed by atoms with Crippen LogP contribution in [0.4, 0.5) is 5.69 Å². The molecule has 2 unspecified atom stereocenters. The molecule has 2 aromatic rings. The molecule has 2 atom stereocenters. The number of nitrogens with zero attached hydrogens (tertiary/aromatic N) is 2. The number of nitrogens with one attached hydrogen (secondary N) is 1. The highest BCUT2D eigenvalue weighted by Crippen LogP contribution is 2.26. The molecule has 3 N–H and O–H groups in total. The van der Waals surface area contributed by atoms with Gasteiger partial charge in [-0.15, -0.1) is 0 Å². The van der Waals surface area contributed by atoms with Gasteiger partial charge in [-0.3, -0.25) is 10.1 Å². The molecule has 0 radical (unpaired) electrons. The zero-order chi connectivity index (χ0) is 21.6. The maximum atomic E-state index is 13.3. The first-order valence-corrected chi connectivity index (χ1v) is 11.8. The van der Waals surface area contributed by atoms with E-state index in [9.17, 15) is 4.79 Å². The van der Waals surface area contributed by atoms with E-state index in [2.05, 4.69) is 34.2 Å². The molecule has 0 saturated carbocycles. The highest BCUT2D eigenvalue weighted by Gasteiger charge is 2.36. The lowest BCUT2D eigenvalue weighted by molar-refractivity contribution is 0.0268. The third kappa shape index (κ3) is 5.49. The summed E-state index contributed by atoms with van der Waals surface area (Å²) < 4.78 is 5.47. The molecule has 0 spiro atoms. The molecular weight excluding hydrogens is 388 g/mol. The number of aryl methyl sites for hydroxylation is 1. The second-order valence-corrected chi connectivity index (χ2v) is 9.17. The first-order chi connectivity index (χ1) is 15.1. The summed E-state index contributed by atoms with van der Waals surface area (Å²) in [6.45, 7) is 6.36. The Balaban J connectivity index is 1.32. The molecular formula is C25H36N4O2. The number of nitrogen functional groups attached to an aromatic ring is 1. The molecule has 1 aromatic carbocycles. The van der Waals surface area contributed by atoms with Crippen LogP contribution in [0.1, 0.15) is 55.1 Å². The van der Waals surface area contributed by atoms with E-state index in [1.807, 2.05) is 12.1 Å². The van der Waals surface area contributed by atoms with Crippen LogP contribution in [0, 0.1) is 5.92 Å². The van der Waals surface area contributed by atoms with Crippen LogP contribution in [0.2, 0.25) is 0 Å². The average molecular weight is 425 g/mol. The lowest BCUT2D eigenvalue weighted by Crippen LogP contribution is -2.58. The second-order valence-electron chi connectivity index (χ2n) is 9.17. The van der Waals surface area contributed by atoms with Crippen molar-refractivity contribution in [1.29, 1.82) is 0 Å². The van der Waals surface area contributed by atoms with Gasteiger partial charge in [0.2, 0.25) is 0 Å². The molecule has 3 heterocycles. The molecule has 168 valence electrons. The minimum absolute atomic E-state index is 0.0232. The van der Waals surface area contributed by atoms with Gasteiger partial charge in [-0.2, -0.15) is 0 Å². The zero-order valence-corrected chi connectivity index (χ0v) is 18.6. The number of para-hydroxylation sites is 1. The van der Waals surface area contributed by atoms with Crippen LogP contribution in [-0.2, 0) is 6.42 Å². The number of furan rings is 1. The van der Waals surface area contributed by atoms with Crippen molar-refractivity contribution in [3.05, 3.63) is 54.0 Å². The second kappa shape index (κ2) is 10.3. The third-order valence-electron chi connectivity index (χ3n) is 6.86. The van der Waals surface area contributed by atoms with Crippen molar-refractivity contribution < 1.29 is 9.21 Å². The Morgan fingerprint density at radius 1 is 1.16 bits per heavy atom. The molecule has 1 aromatic heterocycles. The van der Waals surface area contributed by atoms with Crippen LogP contribution in [0.15, 0.2) is 47.1 Å². The van der Waals surface area contributed by atoms with E-state index < -0.39 is 0 Å². The number of hydrogen-bond donors (Lipinski definition) is 2. The Morgan fingerprint density at radius 3 is 2.65 bits per heavy atom. The predicted octanol–water partition coefficient (Wildman–Crippen LogP) is 3.75. The smallest absolute Gasteiger partial charge is 0.291 e. The molecule has 1 amide bonds. The highest BCUT2D eigenvalue weighted by atomic mass is 16.3. The van der Waals surface area contributed by atoms with Crippen molar-refractivity contribution in [3.8, 4) is 0 Å². The quantitative estimate of drug-likeness (QED) is 0.662. The fraction of sp³-hybridized carbons (Fsp3) is 0.560. The van der Waals surface area contributed by atoms with Crippen molar-refractivity contribution in [2.75, 3.05) is 31.9 Å². The Kier molecular flexibility index (Phi) is 7.30. The van der Waals surface area contributed by atoms with Gasteiger partial charge in [0.05, 0.1) is 12.4 Å². The molecule has 2 fully saturated rings. The molecule has 6 nitrogen and oxygen atoms in total. The number of likely N-dealkylation sites (tertiary alicyclic amines) is 1. The van der Waals surface area contributed by atoms with Gasteiger partial charge in [-0.25, -0.2) is 0 Å². The summed E-state index contributed by atoms with van der Waals surface area (Å²) in [6, 6.07) is 12.0. The van der Waals surface area contributed by atoms with Gasteiger partial charge in [0.25, 0.3) is 5.91 Å². The van der Waals surface area contributed by atoms with Gasteiger partial charge >= 0.3 is 0 Å². The van der Waals surface area contributed by atoms with E-state index in [0.29, 0.717) is 11.7 Å². The maximum Gasteiger partial charge on any atom is 0.291 e. The number of carbonyl (C=O) groups is 1. The monoisotopic (exact) mass is 424 g/mol. The summed E-state index contributed by atoms with van der Waals surface area (Å²) in [6.07, 6.45) is 7.99. The number of carbonyl (C=O) groups excluding carboxylic acids is 1. The van der Waals surface area contributed by atoms with Crippen molar-refractivity contribution in [2.24, 2.45) is 5.92 Å². The fourth-order valence-electron chi connectivity index (χ4n) is 4.99. The van der Waals surface area contributed by atoms with Crippen LogP contribution in [0.25, 0.3) is 0 Å². The number of anilines is 1. The molecule has 0 aliphatic carbocycles. The number of hydrogen-bond acceptors (Lipinski definition) is 5. The van der Waals surface area contributed by atoms with Crippen molar-refractivity contribution in [1.82, 2.24) is 15.1 Å². The van der Waals surface area contributed by atoms with Gasteiger partial charge < -0.3 is 20.0 Å². The third-order valence-corrected chi connectivity index (χ3v) is 6.86. The van der Waals surface area contributed by atoms with Crippen LogP contribution in [0.3, 0.4) is 0 Å². The maximum absolute atomic E-state index is 13.3. The van der Waals surface area contributed by atoms with Crippen molar-refractivity contribution >= 4 is 11.6 Å². The molecule has 0 bridgehead atoms. The summed E-state index contributed by atoms with van der Waals surface area (Å²) in [7, 11) is 0. The summed E-state index contributed by atoms with van der Waals surface area (Å²) in [5.41, 5.74) is 8.21. The van der Waals surface area contributed by atoms with E-state index in [1.165, 1.54) is 5.56 Å². The Bertz CT molecular complexity index is 822. The number of nitrogens with two attached hydrogens (primary N) is 1.